The minimum absolute atomic E-state index is 0.00489. The Morgan fingerprint density at radius 3 is 2.47 bits per heavy atom. The summed E-state index contributed by atoms with van der Waals surface area (Å²) in [5, 5.41) is 3.10. The Balaban J connectivity index is 1.88. The molecule has 162 valence electrons. The molecule has 0 saturated heterocycles. The molecule has 0 aliphatic carbocycles. The number of halogens is 1. The molecule has 0 unspecified atom stereocenters. The normalized spacial score (nSPS) is 16.3. The molecule has 3 rings (SSSR count). The van der Waals surface area contributed by atoms with Gasteiger partial charge in [-0.3, -0.25) is 9.69 Å². The van der Waals surface area contributed by atoms with E-state index < -0.39 is 0 Å². The number of rotatable bonds is 8. The smallest absolute Gasteiger partial charge is 0.220 e. The molecule has 0 bridgehead atoms. The van der Waals surface area contributed by atoms with E-state index in [1.165, 1.54) is 17.7 Å². The first-order valence-electron chi connectivity index (χ1n) is 10.4. The Kier molecular flexibility index (Phi) is 7.32. The molecule has 0 fully saturated rings. The van der Waals surface area contributed by atoms with Gasteiger partial charge in [0.2, 0.25) is 5.91 Å². The lowest BCUT2D eigenvalue weighted by Crippen LogP contribution is -2.42. The Hall–Kier alpha value is -2.60. The van der Waals surface area contributed by atoms with Crippen molar-refractivity contribution < 1.29 is 18.7 Å². The maximum atomic E-state index is 13.3. The first-order chi connectivity index (χ1) is 14.4. The van der Waals surface area contributed by atoms with Crippen molar-refractivity contribution in [3.05, 3.63) is 58.9 Å². The quantitative estimate of drug-likeness (QED) is 0.707. The second-order valence-electron chi connectivity index (χ2n) is 8.17. The summed E-state index contributed by atoms with van der Waals surface area (Å²) in [6, 6.07) is 10.6. The van der Waals surface area contributed by atoms with E-state index >= 15 is 0 Å². The standard InChI is InChI=1S/C24H31FN2O3/c1-16(2)11-24(28)26-14-21-20-13-23(30-4)22(29-3)12-18(20)9-10-27(21)15-17-5-7-19(25)8-6-17/h5-8,12-13,16,21H,9-11,14-15H2,1-4H3,(H,26,28)/t21-/m1/s1. The maximum Gasteiger partial charge on any atom is 0.220 e. The highest BCUT2D eigenvalue weighted by Gasteiger charge is 2.29. The number of carbonyl (C=O) groups excluding carboxylic acids is 1. The lowest BCUT2D eigenvalue weighted by molar-refractivity contribution is -0.122. The molecule has 0 radical (unpaired) electrons. The average Bonchev–Trinajstić information content (AvgIpc) is 2.72. The Morgan fingerprint density at radius 1 is 1.17 bits per heavy atom. The summed E-state index contributed by atoms with van der Waals surface area (Å²) >= 11 is 0. The van der Waals surface area contributed by atoms with Crippen molar-refractivity contribution in [1.82, 2.24) is 10.2 Å². The van der Waals surface area contributed by atoms with Crippen LogP contribution >= 0.6 is 0 Å². The highest BCUT2D eigenvalue weighted by Crippen LogP contribution is 2.38. The number of fused-ring (bicyclic) bond motifs is 1. The molecule has 2 aromatic carbocycles. The number of methoxy groups -OCH3 is 2. The van der Waals surface area contributed by atoms with E-state index in [0.29, 0.717) is 36.9 Å². The SMILES string of the molecule is COc1cc2c(cc1OC)[C@@H](CNC(=O)CC(C)C)N(Cc1ccc(F)cc1)CC2. The summed E-state index contributed by atoms with van der Waals surface area (Å²) in [5.74, 6) is 1.52. The van der Waals surface area contributed by atoms with Gasteiger partial charge in [0.25, 0.3) is 0 Å². The van der Waals surface area contributed by atoms with Crippen LogP contribution in [0.1, 0.15) is 43.0 Å². The molecular weight excluding hydrogens is 383 g/mol. The summed E-state index contributed by atoms with van der Waals surface area (Å²) < 4.78 is 24.3. The third kappa shape index (κ3) is 5.30. The van der Waals surface area contributed by atoms with Crippen molar-refractivity contribution in [3.8, 4) is 11.5 Å². The molecule has 2 aromatic rings. The molecule has 1 heterocycles. The van der Waals surface area contributed by atoms with Gasteiger partial charge in [-0.05, 0) is 53.3 Å². The zero-order valence-corrected chi connectivity index (χ0v) is 18.2. The van der Waals surface area contributed by atoms with Crippen LogP contribution < -0.4 is 14.8 Å². The van der Waals surface area contributed by atoms with Gasteiger partial charge in [-0.2, -0.15) is 0 Å². The highest BCUT2D eigenvalue weighted by atomic mass is 19.1. The van der Waals surface area contributed by atoms with E-state index in [0.717, 1.165) is 24.1 Å². The van der Waals surface area contributed by atoms with E-state index in [2.05, 4.69) is 10.2 Å². The molecule has 5 nitrogen and oxygen atoms in total. The fourth-order valence-electron chi connectivity index (χ4n) is 3.99. The number of nitrogens with one attached hydrogen (secondary N) is 1. The van der Waals surface area contributed by atoms with E-state index in [1.807, 2.05) is 38.1 Å². The van der Waals surface area contributed by atoms with Gasteiger partial charge < -0.3 is 14.8 Å². The number of ether oxygens (including phenoxy) is 2. The number of hydrogen-bond donors (Lipinski definition) is 1. The van der Waals surface area contributed by atoms with Crippen LogP contribution in [0.3, 0.4) is 0 Å². The number of carbonyl (C=O) groups is 1. The van der Waals surface area contributed by atoms with Crippen molar-refractivity contribution in [1.29, 1.82) is 0 Å². The molecule has 6 heteroatoms. The van der Waals surface area contributed by atoms with Gasteiger partial charge in [0.05, 0.1) is 20.3 Å². The number of nitrogens with zero attached hydrogens (tertiary/aromatic N) is 1. The first-order valence-corrected chi connectivity index (χ1v) is 10.4. The molecule has 1 aliphatic heterocycles. The van der Waals surface area contributed by atoms with Gasteiger partial charge in [0.15, 0.2) is 11.5 Å². The molecular formula is C24H31FN2O3. The van der Waals surface area contributed by atoms with Crippen LogP contribution in [-0.2, 0) is 17.8 Å². The Labute approximate surface area is 178 Å². The molecule has 1 aliphatic rings. The van der Waals surface area contributed by atoms with Crippen LogP contribution in [0.4, 0.5) is 4.39 Å². The zero-order valence-electron chi connectivity index (χ0n) is 18.2. The fraction of sp³-hybridized carbons (Fsp3) is 0.458. The lowest BCUT2D eigenvalue weighted by atomic mass is 9.91. The van der Waals surface area contributed by atoms with Crippen LogP contribution in [0.2, 0.25) is 0 Å². The third-order valence-electron chi connectivity index (χ3n) is 5.50. The average molecular weight is 415 g/mol. The van der Waals surface area contributed by atoms with Crippen molar-refractivity contribution in [2.75, 3.05) is 27.3 Å². The van der Waals surface area contributed by atoms with E-state index in [1.54, 1.807) is 14.2 Å². The molecule has 0 spiro atoms. The van der Waals surface area contributed by atoms with E-state index in [-0.39, 0.29) is 17.8 Å². The van der Waals surface area contributed by atoms with Crippen molar-refractivity contribution in [3.63, 3.8) is 0 Å². The molecule has 30 heavy (non-hydrogen) atoms. The number of hydrogen-bond acceptors (Lipinski definition) is 4. The van der Waals surface area contributed by atoms with Gasteiger partial charge in [-0.1, -0.05) is 26.0 Å². The zero-order chi connectivity index (χ0) is 21.7. The number of amides is 1. The van der Waals surface area contributed by atoms with Crippen molar-refractivity contribution in [2.24, 2.45) is 5.92 Å². The maximum absolute atomic E-state index is 13.3. The van der Waals surface area contributed by atoms with Gasteiger partial charge in [-0.15, -0.1) is 0 Å². The van der Waals surface area contributed by atoms with Crippen LogP contribution in [0, 0.1) is 11.7 Å². The second-order valence-corrected chi connectivity index (χ2v) is 8.17. The minimum atomic E-state index is -0.239. The predicted octanol–water partition coefficient (Wildman–Crippen LogP) is 4.10. The van der Waals surface area contributed by atoms with Gasteiger partial charge in [0, 0.05) is 26.1 Å². The summed E-state index contributed by atoms with van der Waals surface area (Å²) in [4.78, 5) is 14.6. The monoisotopic (exact) mass is 414 g/mol. The Morgan fingerprint density at radius 2 is 1.83 bits per heavy atom. The molecule has 1 N–H and O–H groups in total. The van der Waals surface area contributed by atoms with Crippen LogP contribution in [0.15, 0.2) is 36.4 Å². The lowest BCUT2D eigenvalue weighted by Gasteiger charge is -2.38. The topological polar surface area (TPSA) is 50.8 Å². The van der Waals surface area contributed by atoms with Crippen molar-refractivity contribution in [2.45, 2.75) is 39.3 Å². The largest absolute Gasteiger partial charge is 0.493 e. The molecule has 0 aromatic heterocycles. The van der Waals surface area contributed by atoms with Gasteiger partial charge in [-0.25, -0.2) is 4.39 Å². The van der Waals surface area contributed by atoms with Crippen LogP contribution in [-0.4, -0.2) is 38.1 Å². The van der Waals surface area contributed by atoms with Crippen LogP contribution in [0.25, 0.3) is 0 Å². The van der Waals surface area contributed by atoms with Gasteiger partial charge >= 0.3 is 0 Å². The molecule has 1 amide bonds. The molecule has 0 saturated carbocycles. The number of benzene rings is 2. The highest BCUT2D eigenvalue weighted by molar-refractivity contribution is 5.76. The van der Waals surface area contributed by atoms with Gasteiger partial charge in [0.1, 0.15) is 5.82 Å². The van der Waals surface area contributed by atoms with E-state index in [4.69, 9.17) is 9.47 Å². The third-order valence-corrected chi connectivity index (χ3v) is 5.50. The molecule has 1 atom stereocenters. The second kappa shape index (κ2) is 9.94. The summed E-state index contributed by atoms with van der Waals surface area (Å²) in [6.45, 7) is 6.10. The van der Waals surface area contributed by atoms with Crippen molar-refractivity contribution >= 4 is 5.91 Å². The Bertz CT molecular complexity index is 867. The summed E-state index contributed by atoms with van der Waals surface area (Å²) in [5.41, 5.74) is 3.37. The summed E-state index contributed by atoms with van der Waals surface area (Å²) in [7, 11) is 3.26. The predicted molar refractivity (Wildman–Crippen MR) is 115 cm³/mol. The summed E-state index contributed by atoms with van der Waals surface area (Å²) in [6.07, 6.45) is 1.37. The minimum Gasteiger partial charge on any atom is -0.493 e. The first kappa shape index (κ1) is 22.1. The van der Waals surface area contributed by atoms with Crippen LogP contribution in [0.5, 0.6) is 11.5 Å². The fourth-order valence-corrected chi connectivity index (χ4v) is 3.99. The van der Waals surface area contributed by atoms with E-state index in [9.17, 15) is 9.18 Å².